The molecule has 0 aromatic carbocycles. The predicted molar refractivity (Wildman–Crippen MR) is 73.9 cm³/mol. The molecule has 1 aliphatic heterocycles. The number of hydrogen-bond acceptors (Lipinski definition) is 4. The summed E-state index contributed by atoms with van der Waals surface area (Å²) >= 11 is 0. The summed E-state index contributed by atoms with van der Waals surface area (Å²) in [6, 6.07) is 3.10. The molecule has 21 heavy (non-hydrogen) atoms. The Kier molecular flexibility index (Phi) is 4.76. The Morgan fingerprint density at radius 2 is 2.10 bits per heavy atom. The van der Waals surface area contributed by atoms with Gasteiger partial charge in [0.1, 0.15) is 0 Å². The molecule has 0 spiro atoms. The second kappa shape index (κ2) is 6.74. The van der Waals surface area contributed by atoms with Crippen LogP contribution in [0.15, 0.2) is 35.0 Å². The molecule has 0 radical (unpaired) electrons. The van der Waals surface area contributed by atoms with E-state index in [0.717, 1.165) is 6.42 Å². The highest BCUT2D eigenvalue weighted by molar-refractivity contribution is 5.95. The topological polar surface area (TPSA) is 82.9 Å². The van der Waals surface area contributed by atoms with E-state index < -0.39 is 5.91 Å². The van der Waals surface area contributed by atoms with Gasteiger partial charge in [0.05, 0.1) is 12.8 Å². The summed E-state index contributed by atoms with van der Waals surface area (Å²) in [5, 5.41) is 5.23. The minimum atomic E-state index is -0.459. The fourth-order valence-electron chi connectivity index (χ4n) is 2.07. The fourth-order valence-corrected chi connectivity index (χ4v) is 2.07. The molecule has 0 saturated carbocycles. The van der Waals surface area contributed by atoms with Crippen LogP contribution in [0.4, 0.5) is 0 Å². The number of nitrogens with one attached hydrogen (secondary N) is 1. The molecule has 3 amide bonds. The van der Waals surface area contributed by atoms with Gasteiger partial charge >= 0.3 is 0 Å². The average molecular weight is 291 g/mol. The lowest BCUT2D eigenvalue weighted by Gasteiger charge is -2.26. The van der Waals surface area contributed by atoms with Crippen LogP contribution in [0.2, 0.25) is 0 Å². The van der Waals surface area contributed by atoms with E-state index in [4.69, 9.17) is 4.42 Å². The Bertz CT molecular complexity index is 551. The van der Waals surface area contributed by atoms with Gasteiger partial charge in [-0.05, 0) is 25.5 Å². The third-order valence-electron chi connectivity index (χ3n) is 3.03. The van der Waals surface area contributed by atoms with Crippen molar-refractivity contribution in [1.82, 2.24) is 15.3 Å². The molecule has 1 N–H and O–H groups in total. The molecule has 1 aromatic rings. The number of amides is 3. The smallest absolute Gasteiger partial charge is 0.287 e. The van der Waals surface area contributed by atoms with E-state index in [0.29, 0.717) is 13.1 Å². The summed E-state index contributed by atoms with van der Waals surface area (Å²) in [4.78, 5) is 35.6. The number of furan rings is 1. The first-order chi connectivity index (χ1) is 10.1. The summed E-state index contributed by atoms with van der Waals surface area (Å²) in [6.45, 7) is 2.53. The van der Waals surface area contributed by atoms with Gasteiger partial charge in [-0.15, -0.1) is 0 Å². The Morgan fingerprint density at radius 1 is 1.33 bits per heavy atom. The van der Waals surface area contributed by atoms with Crippen LogP contribution in [0.3, 0.4) is 0 Å². The third kappa shape index (κ3) is 3.50. The molecule has 1 fully saturated rings. The van der Waals surface area contributed by atoms with Gasteiger partial charge < -0.3 is 9.73 Å². The predicted octanol–water partition coefficient (Wildman–Crippen LogP) is 0.561. The molecule has 7 heteroatoms. The lowest BCUT2D eigenvalue weighted by Crippen LogP contribution is -2.48. The minimum Gasteiger partial charge on any atom is -0.459 e. The molecule has 0 aliphatic carbocycles. The zero-order chi connectivity index (χ0) is 15.2. The van der Waals surface area contributed by atoms with Gasteiger partial charge in [-0.25, -0.2) is 10.0 Å². The Hall–Kier alpha value is -2.57. The van der Waals surface area contributed by atoms with E-state index in [9.17, 15) is 14.4 Å². The molecule has 1 aliphatic rings. The van der Waals surface area contributed by atoms with E-state index in [1.807, 2.05) is 0 Å². The summed E-state index contributed by atoms with van der Waals surface area (Å²) in [5.74, 6) is -0.879. The highest BCUT2D eigenvalue weighted by Crippen LogP contribution is 2.11. The van der Waals surface area contributed by atoms with Crippen molar-refractivity contribution in [2.75, 3.05) is 19.6 Å². The van der Waals surface area contributed by atoms with Crippen molar-refractivity contribution in [3.63, 3.8) is 0 Å². The van der Waals surface area contributed by atoms with E-state index >= 15 is 0 Å². The van der Waals surface area contributed by atoms with Gasteiger partial charge in [-0.2, -0.15) is 0 Å². The van der Waals surface area contributed by atoms with Crippen molar-refractivity contribution >= 4 is 17.7 Å². The first kappa shape index (κ1) is 14.8. The van der Waals surface area contributed by atoms with Crippen LogP contribution in [-0.4, -0.2) is 47.4 Å². The van der Waals surface area contributed by atoms with Crippen LogP contribution in [0, 0.1) is 0 Å². The number of hydrogen-bond donors (Lipinski definition) is 1. The monoisotopic (exact) mass is 291 g/mol. The molecule has 2 rings (SSSR count). The second-order valence-corrected chi connectivity index (χ2v) is 4.49. The van der Waals surface area contributed by atoms with Gasteiger partial charge in [0, 0.05) is 19.2 Å². The number of carbonyl (C=O) groups excluding carboxylic acids is 3. The summed E-state index contributed by atoms with van der Waals surface area (Å²) in [6.07, 6.45) is 5.14. The van der Waals surface area contributed by atoms with E-state index in [2.05, 4.69) is 5.32 Å². The van der Waals surface area contributed by atoms with E-state index in [1.54, 1.807) is 19.1 Å². The number of allylic oxidation sites excluding steroid dienone is 1. The van der Waals surface area contributed by atoms with Crippen LogP contribution >= 0.6 is 0 Å². The summed E-state index contributed by atoms with van der Waals surface area (Å²) < 4.78 is 4.93. The zero-order valence-corrected chi connectivity index (χ0v) is 11.7. The maximum atomic E-state index is 12.1. The van der Waals surface area contributed by atoms with Crippen molar-refractivity contribution < 1.29 is 18.8 Å². The SMILES string of the molecule is CC=CC(=O)N1CCCN1C(=O)CNC(=O)c1ccco1. The molecule has 1 saturated heterocycles. The van der Waals surface area contributed by atoms with Crippen LogP contribution < -0.4 is 5.32 Å². The van der Waals surface area contributed by atoms with Crippen LogP contribution in [-0.2, 0) is 9.59 Å². The number of carbonyl (C=O) groups is 3. The van der Waals surface area contributed by atoms with E-state index in [-0.39, 0.29) is 24.1 Å². The lowest BCUT2D eigenvalue weighted by atomic mass is 10.4. The zero-order valence-electron chi connectivity index (χ0n) is 11.7. The quantitative estimate of drug-likeness (QED) is 0.822. The van der Waals surface area contributed by atoms with Gasteiger partial charge in [-0.1, -0.05) is 6.08 Å². The van der Waals surface area contributed by atoms with Gasteiger partial charge in [0.25, 0.3) is 17.7 Å². The molecule has 1 aromatic heterocycles. The standard InChI is InChI=1S/C14H17N3O4/c1-2-5-12(18)16-7-4-8-17(16)13(19)10-15-14(20)11-6-3-9-21-11/h2-3,5-6,9H,4,7-8,10H2,1H3,(H,15,20). The van der Waals surface area contributed by atoms with Crippen molar-refractivity contribution in [3.05, 3.63) is 36.3 Å². The highest BCUT2D eigenvalue weighted by Gasteiger charge is 2.29. The average Bonchev–Trinajstić information content (AvgIpc) is 3.14. The maximum absolute atomic E-state index is 12.1. The molecule has 2 heterocycles. The number of rotatable bonds is 4. The minimum absolute atomic E-state index is 0.145. The van der Waals surface area contributed by atoms with Gasteiger partial charge in [0.15, 0.2) is 5.76 Å². The third-order valence-corrected chi connectivity index (χ3v) is 3.03. The molecule has 0 bridgehead atoms. The summed E-state index contributed by atoms with van der Waals surface area (Å²) in [5.41, 5.74) is 0. The molecule has 112 valence electrons. The summed E-state index contributed by atoms with van der Waals surface area (Å²) in [7, 11) is 0. The van der Waals surface area contributed by atoms with Crippen molar-refractivity contribution in [2.24, 2.45) is 0 Å². The van der Waals surface area contributed by atoms with Crippen LogP contribution in [0.1, 0.15) is 23.9 Å². The first-order valence-corrected chi connectivity index (χ1v) is 6.69. The second-order valence-electron chi connectivity index (χ2n) is 4.49. The molecular formula is C14H17N3O4. The van der Waals surface area contributed by atoms with Crippen molar-refractivity contribution in [3.8, 4) is 0 Å². The molecule has 7 nitrogen and oxygen atoms in total. The molecular weight excluding hydrogens is 274 g/mol. The lowest BCUT2D eigenvalue weighted by molar-refractivity contribution is -0.153. The van der Waals surface area contributed by atoms with Crippen LogP contribution in [0.25, 0.3) is 0 Å². The number of nitrogens with zero attached hydrogens (tertiary/aromatic N) is 2. The molecule has 0 unspecified atom stereocenters. The Balaban J connectivity index is 1.90. The normalized spacial score (nSPS) is 14.7. The number of hydrazine groups is 1. The van der Waals surface area contributed by atoms with Crippen molar-refractivity contribution in [2.45, 2.75) is 13.3 Å². The Labute approximate surface area is 122 Å². The van der Waals surface area contributed by atoms with E-state index in [1.165, 1.54) is 28.4 Å². The van der Waals surface area contributed by atoms with Gasteiger partial charge in [0.2, 0.25) is 0 Å². The van der Waals surface area contributed by atoms with Crippen LogP contribution in [0.5, 0.6) is 0 Å². The maximum Gasteiger partial charge on any atom is 0.287 e. The molecule has 0 atom stereocenters. The highest BCUT2D eigenvalue weighted by atomic mass is 16.3. The van der Waals surface area contributed by atoms with Crippen molar-refractivity contribution in [1.29, 1.82) is 0 Å². The van der Waals surface area contributed by atoms with Gasteiger partial charge in [-0.3, -0.25) is 14.4 Å². The largest absolute Gasteiger partial charge is 0.459 e. The first-order valence-electron chi connectivity index (χ1n) is 6.69. The Morgan fingerprint density at radius 3 is 2.76 bits per heavy atom. The fraction of sp³-hybridized carbons (Fsp3) is 0.357.